The lowest BCUT2D eigenvalue weighted by Gasteiger charge is -2.28. The van der Waals surface area contributed by atoms with E-state index < -0.39 is 5.97 Å². The molecule has 1 N–H and O–H groups in total. The number of rotatable bonds is 2. The first-order valence-electron chi connectivity index (χ1n) is 4.95. The second-order valence-corrected chi connectivity index (χ2v) is 3.50. The number of benzene rings is 1. The van der Waals surface area contributed by atoms with Gasteiger partial charge in [-0.15, -0.1) is 0 Å². The molecule has 1 heterocycles. The third kappa shape index (κ3) is 2.15. The number of carbonyl (C=O) groups is 2. The Bertz CT molecular complexity index is 471. The Labute approximate surface area is 97.4 Å². The maximum absolute atomic E-state index is 11.6. The number of aromatic hydroxyl groups is 1. The topological polar surface area (TPSA) is 76.1 Å². The van der Waals surface area contributed by atoms with Gasteiger partial charge in [0, 0.05) is 6.07 Å². The normalized spacial score (nSPS) is 13.9. The van der Waals surface area contributed by atoms with Gasteiger partial charge in [-0.1, -0.05) is 0 Å². The van der Waals surface area contributed by atoms with Gasteiger partial charge in [-0.05, 0) is 12.1 Å². The van der Waals surface area contributed by atoms with Gasteiger partial charge in [0.1, 0.15) is 18.0 Å². The van der Waals surface area contributed by atoms with Gasteiger partial charge in [-0.25, -0.2) is 0 Å². The molecular formula is C11H11NO5. The number of phenols is 1. The van der Waals surface area contributed by atoms with E-state index >= 15 is 0 Å². The van der Waals surface area contributed by atoms with Crippen molar-refractivity contribution < 1.29 is 24.2 Å². The zero-order valence-corrected chi connectivity index (χ0v) is 9.17. The van der Waals surface area contributed by atoms with Crippen molar-refractivity contribution in [1.82, 2.24) is 0 Å². The lowest BCUT2D eigenvalue weighted by molar-refractivity contribution is -0.140. The number of esters is 1. The first-order valence-corrected chi connectivity index (χ1v) is 4.95. The number of carbonyl (C=O) groups excluding carboxylic acids is 2. The molecule has 0 unspecified atom stereocenters. The Hall–Kier alpha value is -2.24. The number of fused-ring (bicyclic) bond motifs is 1. The molecule has 6 heteroatoms. The van der Waals surface area contributed by atoms with Gasteiger partial charge < -0.3 is 14.6 Å². The summed E-state index contributed by atoms with van der Waals surface area (Å²) in [7, 11) is 1.25. The Kier molecular flexibility index (Phi) is 2.86. The van der Waals surface area contributed by atoms with Crippen LogP contribution in [0.15, 0.2) is 18.2 Å². The molecule has 1 amide bonds. The Morgan fingerprint density at radius 2 is 2.35 bits per heavy atom. The molecule has 0 bridgehead atoms. The van der Waals surface area contributed by atoms with E-state index in [4.69, 9.17) is 4.74 Å². The van der Waals surface area contributed by atoms with E-state index in [9.17, 15) is 14.7 Å². The average Bonchev–Trinajstić information content (AvgIpc) is 2.32. The first-order chi connectivity index (χ1) is 8.11. The molecule has 1 aromatic carbocycles. The minimum atomic E-state index is -0.533. The van der Waals surface area contributed by atoms with Crippen molar-refractivity contribution in [3.05, 3.63) is 18.2 Å². The number of ether oxygens (including phenoxy) is 2. The van der Waals surface area contributed by atoms with Crippen LogP contribution in [-0.2, 0) is 14.3 Å². The maximum Gasteiger partial charge on any atom is 0.325 e. The zero-order chi connectivity index (χ0) is 12.4. The van der Waals surface area contributed by atoms with Crippen LogP contribution in [0.1, 0.15) is 0 Å². The van der Waals surface area contributed by atoms with Crippen molar-refractivity contribution in [1.29, 1.82) is 0 Å². The summed E-state index contributed by atoms with van der Waals surface area (Å²) >= 11 is 0. The fraction of sp³-hybridized carbons (Fsp3) is 0.273. The van der Waals surface area contributed by atoms with Crippen molar-refractivity contribution in [2.24, 2.45) is 0 Å². The standard InChI is InChI=1S/C11H11NO5/c1-16-11(15)5-12-8-4-7(13)2-3-9(8)17-6-10(12)14/h2-4,13H,5-6H2,1H3. The minimum Gasteiger partial charge on any atom is -0.508 e. The van der Waals surface area contributed by atoms with Crippen molar-refractivity contribution in [2.45, 2.75) is 0 Å². The number of anilines is 1. The molecule has 0 aliphatic carbocycles. The number of phenolic OH excluding ortho intramolecular Hbond substituents is 1. The van der Waals surface area contributed by atoms with Crippen molar-refractivity contribution in [2.75, 3.05) is 25.2 Å². The number of hydrogen-bond donors (Lipinski definition) is 1. The quantitative estimate of drug-likeness (QED) is 0.748. The molecule has 0 atom stereocenters. The molecule has 0 saturated carbocycles. The summed E-state index contributed by atoms with van der Waals surface area (Å²) in [6.07, 6.45) is 0. The summed E-state index contributed by atoms with van der Waals surface area (Å²) in [4.78, 5) is 24.1. The van der Waals surface area contributed by atoms with E-state index in [2.05, 4.69) is 4.74 Å². The van der Waals surface area contributed by atoms with E-state index in [1.807, 2.05) is 0 Å². The lowest BCUT2D eigenvalue weighted by Crippen LogP contribution is -2.42. The molecule has 6 nitrogen and oxygen atoms in total. The molecule has 17 heavy (non-hydrogen) atoms. The highest BCUT2D eigenvalue weighted by atomic mass is 16.5. The Balaban J connectivity index is 2.35. The lowest BCUT2D eigenvalue weighted by atomic mass is 10.2. The Morgan fingerprint density at radius 3 is 3.06 bits per heavy atom. The molecule has 1 aromatic rings. The second-order valence-electron chi connectivity index (χ2n) is 3.50. The SMILES string of the molecule is COC(=O)CN1C(=O)COc2ccc(O)cc21. The summed E-state index contributed by atoms with van der Waals surface area (Å²) in [5, 5.41) is 9.37. The van der Waals surface area contributed by atoms with Crippen LogP contribution in [0.2, 0.25) is 0 Å². The summed E-state index contributed by atoms with van der Waals surface area (Å²) in [5.41, 5.74) is 0.367. The van der Waals surface area contributed by atoms with Gasteiger partial charge in [0.15, 0.2) is 6.61 Å². The van der Waals surface area contributed by atoms with Crippen LogP contribution >= 0.6 is 0 Å². The smallest absolute Gasteiger partial charge is 0.325 e. The van der Waals surface area contributed by atoms with E-state index in [0.717, 1.165) is 0 Å². The van der Waals surface area contributed by atoms with Crippen molar-refractivity contribution >= 4 is 17.6 Å². The molecule has 0 radical (unpaired) electrons. The fourth-order valence-electron chi connectivity index (χ4n) is 1.56. The summed E-state index contributed by atoms with van der Waals surface area (Å²) in [6.45, 7) is -0.329. The van der Waals surface area contributed by atoms with Gasteiger partial charge in [0.05, 0.1) is 12.8 Å². The van der Waals surface area contributed by atoms with Gasteiger partial charge in [0.2, 0.25) is 0 Å². The van der Waals surface area contributed by atoms with Gasteiger partial charge in [-0.3, -0.25) is 14.5 Å². The molecule has 1 aliphatic heterocycles. The molecule has 0 saturated heterocycles. The minimum absolute atomic E-state index is 0.00286. The third-order valence-corrected chi connectivity index (χ3v) is 2.40. The molecule has 0 spiro atoms. The van der Waals surface area contributed by atoms with Crippen molar-refractivity contribution in [3.8, 4) is 11.5 Å². The predicted molar refractivity (Wildman–Crippen MR) is 58.0 cm³/mol. The fourth-order valence-corrected chi connectivity index (χ4v) is 1.56. The molecule has 2 rings (SSSR count). The highest BCUT2D eigenvalue weighted by molar-refractivity contribution is 6.01. The number of amides is 1. The monoisotopic (exact) mass is 237 g/mol. The van der Waals surface area contributed by atoms with Crippen LogP contribution in [0.25, 0.3) is 0 Å². The predicted octanol–water partition coefficient (Wildman–Crippen LogP) is 0.291. The van der Waals surface area contributed by atoms with E-state index in [1.165, 1.54) is 24.1 Å². The highest BCUT2D eigenvalue weighted by Gasteiger charge is 2.27. The largest absolute Gasteiger partial charge is 0.508 e. The van der Waals surface area contributed by atoms with Gasteiger partial charge in [0.25, 0.3) is 5.91 Å². The highest BCUT2D eigenvalue weighted by Crippen LogP contribution is 2.34. The van der Waals surface area contributed by atoms with E-state index in [0.29, 0.717) is 11.4 Å². The van der Waals surface area contributed by atoms with Crippen LogP contribution in [0.3, 0.4) is 0 Å². The van der Waals surface area contributed by atoms with Crippen LogP contribution in [0, 0.1) is 0 Å². The molecule has 1 aliphatic rings. The summed E-state index contributed by atoms with van der Waals surface area (Å²) in [6, 6.07) is 4.36. The van der Waals surface area contributed by atoms with Crippen LogP contribution in [-0.4, -0.2) is 37.2 Å². The third-order valence-electron chi connectivity index (χ3n) is 2.40. The van der Waals surface area contributed by atoms with Crippen LogP contribution in [0.4, 0.5) is 5.69 Å². The maximum atomic E-state index is 11.6. The summed E-state index contributed by atoms with van der Waals surface area (Å²) in [5.74, 6) is -0.439. The van der Waals surface area contributed by atoms with E-state index in [1.54, 1.807) is 6.07 Å². The van der Waals surface area contributed by atoms with Gasteiger partial charge >= 0.3 is 5.97 Å². The van der Waals surface area contributed by atoms with Crippen LogP contribution < -0.4 is 9.64 Å². The molecule has 0 fully saturated rings. The van der Waals surface area contributed by atoms with Crippen LogP contribution in [0.5, 0.6) is 11.5 Å². The first kappa shape index (κ1) is 11.3. The number of nitrogens with zero attached hydrogens (tertiary/aromatic N) is 1. The van der Waals surface area contributed by atoms with E-state index in [-0.39, 0.29) is 24.8 Å². The molecule has 90 valence electrons. The Morgan fingerprint density at radius 1 is 1.59 bits per heavy atom. The average molecular weight is 237 g/mol. The number of methoxy groups -OCH3 is 1. The van der Waals surface area contributed by atoms with Gasteiger partial charge in [-0.2, -0.15) is 0 Å². The summed E-state index contributed by atoms with van der Waals surface area (Å²) < 4.78 is 9.69. The second kappa shape index (κ2) is 4.32. The zero-order valence-electron chi connectivity index (χ0n) is 9.17. The van der Waals surface area contributed by atoms with Crippen molar-refractivity contribution in [3.63, 3.8) is 0 Å². The molecular weight excluding hydrogens is 226 g/mol. The molecule has 0 aromatic heterocycles. The number of hydrogen-bond acceptors (Lipinski definition) is 5.